The van der Waals surface area contributed by atoms with E-state index in [-0.39, 0.29) is 0 Å². The van der Waals surface area contributed by atoms with E-state index in [4.69, 9.17) is 10.5 Å². The van der Waals surface area contributed by atoms with Crippen LogP contribution in [0.25, 0.3) is 0 Å². The molecule has 0 aliphatic carbocycles. The monoisotopic (exact) mass is 250 g/mol. The summed E-state index contributed by atoms with van der Waals surface area (Å²) in [4.78, 5) is 2.31. The van der Waals surface area contributed by atoms with Crippen molar-refractivity contribution in [3.05, 3.63) is 24.3 Å². The quantitative estimate of drug-likeness (QED) is 0.777. The third kappa shape index (κ3) is 3.62. The van der Waals surface area contributed by atoms with Gasteiger partial charge in [-0.15, -0.1) is 0 Å². The number of anilines is 1. The Morgan fingerprint density at radius 3 is 3.06 bits per heavy atom. The number of rotatable bonds is 5. The topological polar surface area (TPSA) is 58.7 Å². The van der Waals surface area contributed by atoms with Crippen LogP contribution in [0.4, 0.5) is 5.69 Å². The zero-order chi connectivity index (χ0) is 13.0. The lowest BCUT2D eigenvalue weighted by Gasteiger charge is -2.24. The molecule has 100 valence electrons. The molecule has 2 atom stereocenters. The number of β-amino-alcohol motifs (C(OH)–C–C–N with tert-alkyl or cyclic N) is 1. The minimum Gasteiger partial charge on any atom is -0.491 e. The highest BCUT2D eigenvalue weighted by Gasteiger charge is 2.22. The maximum Gasteiger partial charge on any atom is 0.121 e. The molecule has 0 amide bonds. The highest BCUT2D eigenvalue weighted by molar-refractivity contribution is 5.43. The van der Waals surface area contributed by atoms with Gasteiger partial charge in [0.05, 0.1) is 0 Å². The molecule has 2 unspecified atom stereocenters. The van der Waals surface area contributed by atoms with Crippen molar-refractivity contribution in [2.75, 3.05) is 25.4 Å². The second-order valence-corrected chi connectivity index (χ2v) is 5.02. The van der Waals surface area contributed by atoms with Gasteiger partial charge in [-0.3, -0.25) is 4.90 Å². The normalized spacial score (nSPS) is 22.0. The molecule has 0 aromatic heterocycles. The molecule has 1 aromatic rings. The molecule has 1 saturated heterocycles. The molecule has 1 aromatic carbocycles. The van der Waals surface area contributed by atoms with E-state index >= 15 is 0 Å². The average Bonchev–Trinajstić information content (AvgIpc) is 2.73. The van der Waals surface area contributed by atoms with Crippen molar-refractivity contribution in [3.8, 4) is 5.75 Å². The van der Waals surface area contributed by atoms with Crippen LogP contribution in [0.15, 0.2) is 24.3 Å². The minimum absolute atomic E-state index is 0.312. The van der Waals surface area contributed by atoms with Crippen LogP contribution in [0.1, 0.15) is 19.8 Å². The van der Waals surface area contributed by atoms with Crippen LogP contribution >= 0.6 is 0 Å². The van der Waals surface area contributed by atoms with E-state index in [1.165, 1.54) is 12.8 Å². The molecule has 2 rings (SSSR count). The van der Waals surface area contributed by atoms with Crippen LogP contribution in [0, 0.1) is 0 Å². The number of nitrogens with two attached hydrogens (primary N) is 1. The third-order valence-electron chi connectivity index (χ3n) is 3.44. The largest absolute Gasteiger partial charge is 0.491 e. The first-order valence-electron chi connectivity index (χ1n) is 6.55. The van der Waals surface area contributed by atoms with Crippen molar-refractivity contribution >= 4 is 5.69 Å². The molecule has 1 aliphatic rings. The Balaban J connectivity index is 1.76. The molecular weight excluding hydrogens is 228 g/mol. The molecule has 4 heteroatoms. The van der Waals surface area contributed by atoms with Gasteiger partial charge in [-0.2, -0.15) is 0 Å². The Morgan fingerprint density at radius 1 is 1.56 bits per heavy atom. The van der Waals surface area contributed by atoms with Crippen LogP contribution in [-0.2, 0) is 0 Å². The summed E-state index contributed by atoms with van der Waals surface area (Å²) < 4.78 is 5.54. The first-order valence-corrected chi connectivity index (χ1v) is 6.55. The molecule has 0 radical (unpaired) electrons. The van der Waals surface area contributed by atoms with Crippen LogP contribution in [0.5, 0.6) is 5.75 Å². The third-order valence-corrected chi connectivity index (χ3v) is 3.44. The Hall–Kier alpha value is -1.26. The smallest absolute Gasteiger partial charge is 0.121 e. The fraction of sp³-hybridized carbons (Fsp3) is 0.571. The van der Waals surface area contributed by atoms with Gasteiger partial charge < -0.3 is 15.6 Å². The molecule has 1 fully saturated rings. The number of benzene rings is 1. The summed E-state index contributed by atoms with van der Waals surface area (Å²) >= 11 is 0. The molecule has 1 aliphatic heterocycles. The molecular formula is C14H22N2O2. The lowest BCUT2D eigenvalue weighted by Crippen LogP contribution is -2.37. The van der Waals surface area contributed by atoms with Crippen molar-refractivity contribution in [3.63, 3.8) is 0 Å². The molecule has 0 saturated carbocycles. The fourth-order valence-corrected chi connectivity index (χ4v) is 2.38. The predicted molar refractivity (Wildman–Crippen MR) is 72.6 cm³/mol. The van der Waals surface area contributed by atoms with E-state index in [0.29, 0.717) is 30.6 Å². The van der Waals surface area contributed by atoms with Gasteiger partial charge in [-0.05, 0) is 38.4 Å². The molecule has 1 heterocycles. The van der Waals surface area contributed by atoms with E-state index in [1.54, 1.807) is 6.07 Å². The highest BCUT2D eigenvalue weighted by Crippen LogP contribution is 2.17. The van der Waals surface area contributed by atoms with Crippen molar-refractivity contribution in [2.45, 2.75) is 31.9 Å². The number of aliphatic hydroxyl groups excluding tert-OH is 1. The van der Waals surface area contributed by atoms with Gasteiger partial charge >= 0.3 is 0 Å². The summed E-state index contributed by atoms with van der Waals surface area (Å²) in [5, 5.41) is 9.96. The standard InChI is InChI=1S/C14H22N2O2/c1-11-4-3-7-16(11)9-13(17)10-18-14-6-2-5-12(15)8-14/h2,5-6,8,11,13,17H,3-4,7,9-10,15H2,1H3. The van der Waals surface area contributed by atoms with Crippen molar-refractivity contribution < 1.29 is 9.84 Å². The van der Waals surface area contributed by atoms with E-state index in [0.717, 1.165) is 6.54 Å². The molecule has 0 spiro atoms. The van der Waals surface area contributed by atoms with E-state index < -0.39 is 6.10 Å². The summed E-state index contributed by atoms with van der Waals surface area (Å²) in [6, 6.07) is 7.86. The van der Waals surface area contributed by atoms with Gasteiger partial charge in [0, 0.05) is 24.3 Å². The molecule has 18 heavy (non-hydrogen) atoms. The SMILES string of the molecule is CC1CCCN1CC(O)COc1cccc(N)c1. The van der Waals surface area contributed by atoms with Crippen molar-refractivity contribution in [1.29, 1.82) is 0 Å². The summed E-state index contributed by atoms with van der Waals surface area (Å²) in [6.07, 6.45) is 2.00. The lowest BCUT2D eigenvalue weighted by atomic mass is 10.2. The van der Waals surface area contributed by atoms with Gasteiger partial charge in [0.15, 0.2) is 0 Å². The van der Waals surface area contributed by atoms with Crippen LogP contribution < -0.4 is 10.5 Å². The Kier molecular flexibility index (Phi) is 4.44. The summed E-state index contributed by atoms with van der Waals surface area (Å²) in [6.45, 7) is 4.28. The number of likely N-dealkylation sites (tertiary alicyclic amines) is 1. The molecule has 3 N–H and O–H groups in total. The number of nitrogen functional groups attached to an aromatic ring is 1. The van der Waals surface area contributed by atoms with Gasteiger partial charge in [-0.25, -0.2) is 0 Å². The maximum atomic E-state index is 9.96. The van der Waals surface area contributed by atoms with Gasteiger partial charge in [0.1, 0.15) is 18.5 Å². The zero-order valence-corrected chi connectivity index (χ0v) is 10.9. The van der Waals surface area contributed by atoms with Crippen molar-refractivity contribution in [2.24, 2.45) is 0 Å². The Labute approximate surface area is 108 Å². The summed E-state index contributed by atoms with van der Waals surface area (Å²) in [5.41, 5.74) is 6.34. The lowest BCUT2D eigenvalue weighted by molar-refractivity contribution is 0.0662. The Bertz CT molecular complexity index is 384. The number of aliphatic hydroxyl groups is 1. The van der Waals surface area contributed by atoms with Crippen molar-refractivity contribution in [1.82, 2.24) is 4.90 Å². The number of nitrogens with zero attached hydrogens (tertiary/aromatic N) is 1. The number of hydrogen-bond acceptors (Lipinski definition) is 4. The molecule has 0 bridgehead atoms. The van der Waals surface area contributed by atoms with Crippen LogP contribution in [0.2, 0.25) is 0 Å². The summed E-state index contributed by atoms with van der Waals surface area (Å²) in [7, 11) is 0. The fourth-order valence-electron chi connectivity index (χ4n) is 2.38. The maximum absolute atomic E-state index is 9.96. The molecule has 4 nitrogen and oxygen atoms in total. The number of hydrogen-bond donors (Lipinski definition) is 2. The van der Waals surface area contributed by atoms with Gasteiger partial charge in [0.2, 0.25) is 0 Å². The van der Waals surface area contributed by atoms with Crippen LogP contribution in [0.3, 0.4) is 0 Å². The van der Waals surface area contributed by atoms with E-state index in [9.17, 15) is 5.11 Å². The summed E-state index contributed by atoms with van der Waals surface area (Å²) in [5.74, 6) is 0.712. The second-order valence-electron chi connectivity index (χ2n) is 5.02. The van der Waals surface area contributed by atoms with Crippen LogP contribution in [-0.4, -0.2) is 41.8 Å². The zero-order valence-electron chi connectivity index (χ0n) is 10.9. The van der Waals surface area contributed by atoms with Gasteiger partial charge in [-0.1, -0.05) is 6.07 Å². The van der Waals surface area contributed by atoms with Gasteiger partial charge in [0.25, 0.3) is 0 Å². The second kappa shape index (κ2) is 6.07. The minimum atomic E-state index is -0.452. The highest BCUT2D eigenvalue weighted by atomic mass is 16.5. The average molecular weight is 250 g/mol. The number of ether oxygens (including phenoxy) is 1. The van der Waals surface area contributed by atoms with E-state index in [2.05, 4.69) is 11.8 Å². The first-order chi connectivity index (χ1) is 8.65. The first kappa shape index (κ1) is 13.2. The van der Waals surface area contributed by atoms with E-state index in [1.807, 2.05) is 18.2 Å². The predicted octanol–water partition coefficient (Wildman–Crippen LogP) is 1.49. The Morgan fingerprint density at radius 2 is 2.39 bits per heavy atom.